The van der Waals surface area contributed by atoms with Gasteiger partial charge in [-0.15, -0.1) is 0 Å². The van der Waals surface area contributed by atoms with Gasteiger partial charge in [0.15, 0.2) is 0 Å². The van der Waals surface area contributed by atoms with Crippen molar-refractivity contribution in [3.05, 3.63) is 66.2 Å². The van der Waals surface area contributed by atoms with Gasteiger partial charge in [0, 0.05) is 39.9 Å². The number of nitrogens with one attached hydrogen (secondary N) is 2. The quantitative estimate of drug-likeness (QED) is 0.185. The molecule has 0 bridgehead atoms. The van der Waals surface area contributed by atoms with Gasteiger partial charge >= 0.3 is 18.4 Å². The highest BCUT2D eigenvalue weighted by Gasteiger charge is 2.35. The Bertz CT molecular complexity index is 1770. The maximum atomic E-state index is 14.0. The fourth-order valence-corrected chi connectivity index (χ4v) is 6.65. The van der Waals surface area contributed by atoms with Crippen LogP contribution >= 0.6 is 11.8 Å². The average Bonchev–Trinajstić information content (AvgIpc) is 3.35. The minimum atomic E-state index is -4.56. The standard InChI is InChI=1S/C32H31F3N4O4S/c1-31(2,3)43-30(42)38-12-10-21(11-13-38)36-23-16-20(32(33,34)35)17-27-28(23)37-22-9-8-19(15-26(22)44-27)25-14-18-6-4-5-7-24(18)39(25)29(40)41/h4-9,14-17,21,36-37H,10-13H2,1-3H3,(H,40,41). The number of likely N-dealkylation sites (tertiary alicyclic amines) is 1. The zero-order chi connectivity index (χ0) is 31.4. The molecule has 2 aliphatic rings. The van der Waals surface area contributed by atoms with Crippen molar-refractivity contribution in [2.45, 2.75) is 61.2 Å². The first-order valence-corrected chi connectivity index (χ1v) is 15.0. The van der Waals surface area contributed by atoms with Gasteiger partial charge in [-0.05, 0) is 70.0 Å². The van der Waals surface area contributed by atoms with E-state index in [1.54, 1.807) is 56.0 Å². The lowest BCUT2D eigenvalue weighted by molar-refractivity contribution is -0.137. The molecule has 3 N–H and O–H groups in total. The number of carbonyl (C=O) groups excluding carboxylic acids is 1. The van der Waals surface area contributed by atoms with Crippen molar-refractivity contribution in [1.82, 2.24) is 9.47 Å². The number of ether oxygens (including phenoxy) is 1. The lowest BCUT2D eigenvalue weighted by Crippen LogP contribution is -2.44. The number of amides is 1. The number of hydrogen-bond acceptors (Lipinski definition) is 6. The molecule has 4 aromatic rings. The van der Waals surface area contributed by atoms with E-state index in [-0.39, 0.29) is 6.04 Å². The normalized spacial score (nSPS) is 15.4. The van der Waals surface area contributed by atoms with E-state index in [1.807, 2.05) is 18.2 Å². The topological polar surface area (TPSA) is 95.8 Å². The van der Waals surface area contributed by atoms with Crippen LogP contribution in [0.15, 0.2) is 70.5 Å². The molecular weight excluding hydrogens is 593 g/mol. The number of carboxylic acid groups (broad SMARTS) is 1. The van der Waals surface area contributed by atoms with Crippen LogP contribution in [-0.2, 0) is 10.9 Å². The zero-order valence-electron chi connectivity index (χ0n) is 24.3. The number of rotatable bonds is 3. The van der Waals surface area contributed by atoms with Gasteiger partial charge < -0.3 is 25.4 Å². The second-order valence-corrected chi connectivity index (χ2v) is 13.0. The number of hydrogen-bond donors (Lipinski definition) is 3. The number of benzene rings is 3. The number of alkyl halides is 3. The van der Waals surface area contributed by atoms with E-state index in [0.717, 1.165) is 17.5 Å². The smallest absolute Gasteiger partial charge is 0.416 e. The molecule has 3 heterocycles. The summed E-state index contributed by atoms with van der Waals surface area (Å²) in [6, 6.07) is 16.5. The highest BCUT2D eigenvalue weighted by Crippen LogP contribution is 2.50. The molecular formula is C32H31F3N4O4S. The summed E-state index contributed by atoms with van der Waals surface area (Å²) in [5.74, 6) is 0. The van der Waals surface area contributed by atoms with Crippen molar-refractivity contribution in [3.63, 3.8) is 0 Å². The summed E-state index contributed by atoms with van der Waals surface area (Å²) < 4.78 is 48.7. The molecule has 1 aromatic heterocycles. The first-order valence-electron chi connectivity index (χ1n) is 14.2. The third-order valence-electron chi connectivity index (χ3n) is 7.59. The average molecular weight is 625 g/mol. The molecule has 0 radical (unpaired) electrons. The van der Waals surface area contributed by atoms with Crippen molar-refractivity contribution >= 4 is 51.9 Å². The molecule has 0 spiro atoms. The van der Waals surface area contributed by atoms with E-state index in [4.69, 9.17) is 4.74 Å². The summed E-state index contributed by atoms with van der Waals surface area (Å²) in [6.45, 7) is 6.25. The van der Waals surface area contributed by atoms with Crippen LogP contribution in [0.2, 0.25) is 0 Å². The Morgan fingerprint density at radius 2 is 1.73 bits per heavy atom. The summed E-state index contributed by atoms with van der Waals surface area (Å²) in [5.41, 5.74) is 1.83. The molecule has 2 aliphatic heterocycles. The van der Waals surface area contributed by atoms with Crippen LogP contribution in [0.3, 0.4) is 0 Å². The predicted molar refractivity (Wildman–Crippen MR) is 164 cm³/mol. The largest absolute Gasteiger partial charge is 0.464 e. The van der Waals surface area contributed by atoms with Gasteiger partial charge in [0.25, 0.3) is 0 Å². The summed E-state index contributed by atoms with van der Waals surface area (Å²) in [5, 5.41) is 17.3. The fraction of sp³-hybridized carbons (Fsp3) is 0.312. The number of anilines is 3. The van der Waals surface area contributed by atoms with Gasteiger partial charge in [0.05, 0.1) is 33.8 Å². The van der Waals surface area contributed by atoms with Gasteiger partial charge in [-0.3, -0.25) is 0 Å². The number of aromatic nitrogens is 1. The van der Waals surface area contributed by atoms with Crippen LogP contribution < -0.4 is 10.6 Å². The lowest BCUT2D eigenvalue weighted by atomic mass is 10.0. The zero-order valence-corrected chi connectivity index (χ0v) is 25.1. The lowest BCUT2D eigenvalue weighted by Gasteiger charge is -2.35. The van der Waals surface area contributed by atoms with Crippen LogP contribution in [0, 0.1) is 0 Å². The van der Waals surface area contributed by atoms with E-state index < -0.39 is 29.5 Å². The number of halogens is 3. The monoisotopic (exact) mass is 624 g/mol. The second-order valence-electron chi connectivity index (χ2n) is 11.9. The minimum Gasteiger partial charge on any atom is -0.464 e. The van der Waals surface area contributed by atoms with Crippen LogP contribution in [0.1, 0.15) is 39.2 Å². The van der Waals surface area contributed by atoms with E-state index in [9.17, 15) is 27.9 Å². The molecule has 0 unspecified atom stereocenters. The Morgan fingerprint density at radius 3 is 2.41 bits per heavy atom. The highest BCUT2D eigenvalue weighted by atomic mass is 32.2. The van der Waals surface area contributed by atoms with Crippen LogP contribution in [0.4, 0.5) is 39.8 Å². The maximum Gasteiger partial charge on any atom is 0.416 e. The van der Waals surface area contributed by atoms with E-state index in [0.29, 0.717) is 69.6 Å². The van der Waals surface area contributed by atoms with Crippen molar-refractivity contribution in [2.24, 2.45) is 0 Å². The van der Waals surface area contributed by atoms with Crippen molar-refractivity contribution in [1.29, 1.82) is 0 Å². The molecule has 6 rings (SSSR count). The third kappa shape index (κ3) is 5.90. The van der Waals surface area contributed by atoms with E-state index >= 15 is 0 Å². The maximum absolute atomic E-state index is 14.0. The van der Waals surface area contributed by atoms with E-state index in [1.165, 1.54) is 16.3 Å². The molecule has 0 saturated carbocycles. The molecule has 8 nitrogen and oxygen atoms in total. The van der Waals surface area contributed by atoms with Gasteiger partial charge in [0.2, 0.25) is 0 Å². The molecule has 44 heavy (non-hydrogen) atoms. The SMILES string of the molecule is CC(C)(C)OC(=O)N1CCC(Nc2cc(C(F)(F)F)cc3c2Nc2ccc(-c4cc5ccccc5n4C(=O)O)cc2S3)CC1. The fourth-order valence-electron chi connectivity index (χ4n) is 5.55. The minimum absolute atomic E-state index is 0.144. The number of fused-ring (bicyclic) bond motifs is 3. The number of para-hydroxylation sites is 1. The van der Waals surface area contributed by atoms with Crippen molar-refractivity contribution < 1.29 is 32.6 Å². The van der Waals surface area contributed by atoms with Gasteiger partial charge in [-0.25, -0.2) is 14.2 Å². The Balaban J connectivity index is 1.28. The van der Waals surface area contributed by atoms with Gasteiger partial charge in [0.1, 0.15) is 5.60 Å². The van der Waals surface area contributed by atoms with Crippen LogP contribution in [0.5, 0.6) is 0 Å². The van der Waals surface area contributed by atoms with E-state index in [2.05, 4.69) is 10.6 Å². The Labute approximate surface area is 256 Å². The van der Waals surface area contributed by atoms with Crippen molar-refractivity contribution in [2.75, 3.05) is 23.7 Å². The van der Waals surface area contributed by atoms with Gasteiger partial charge in [-0.2, -0.15) is 13.2 Å². The second kappa shape index (κ2) is 11.0. The summed E-state index contributed by atoms with van der Waals surface area (Å²) in [4.78, 5) is 27.3. The molecule has 0 atom stereocenters. The molecule has 1 saturated heterocycles. The molecule has 1 fully saturated rings. The predicted octanol–water partition coefficient (Wildman–Crippen LogP) is 8.87. The van der Waals surface area contributed by atoms with Crippen molar-refractivity contribution in [3.8, 4) is 11.3 Å². The van der Waals surface area contributed by atoms with Crippen LogP contribution in [0.25, 0.3) is 22.2 Å². The number of nitrogens with zero attached hydrogens (tertiary/aromatic N) is 2. The van der Waals surface area contributed by atoms with Crippen LogP contribution in [-0.4, -0.2) is 51.5 Å². The molecule has 230 valence electrons. The van der Waals surface area contributed by atoms with Gasteiger partial charge in [-0.1, -0.05) is 36.0 Å². The highest BCUT2D eigenvalue weighted by molar-refractivity contribution is 7.99. The third-order valence-corrected chi connectivity index (χ3v) is 8.69. The Kier molecular flexibility index (Phi) is 7.43. The number of carbonyl (C=O) groups is 2. The first kappa shape index (κ1) is 29.7. The first-order chi connectivity index (χ1) is 20.8. The number of piperidine rings is 1. The Hall–Kier alpha value is -4.32. The molecule has 3 aromatic carbocycles. The Morgan fingerprint density at radius 1 is 1.00 bits per heavy atom. The summed E-state index contributed by atoms with van der Waals surface area (Å²) in [6.07, 6.45) is -4.98. The summed E-state index contributed by atoms with van der Waals surface area (Å²) >= 11 is 1.20. The summed E-state index contributed by atoms with van der Waals surface area (Å²) in [7, 11) is 0. The molecule has 12 heteroatoms. The molecule has 0 aliphatic carbocycles. The molecule has 1 amide bonds.